The first-order valence-electron chi connectivity index (χ1n) is 9.84. The van der Waals surface area contributed by atoms with Gasteiger partial charge in [0.2, 0.25) is 5.91 Å². The van der Waals surface area contributed by atoms with Gasteiger partial charge in [-0.1, -0.05) is 12.8 Å². The maximum Gasteiger partial charge on any atom is 0.220 e. The molecule has 2 saturated carbocycles. The van der Waals surface area contributed by atoms with Gasteiger partial charge in [0.1, 0.15) is 5.76 Å². The molecule has 2 bridgehead atoms. The highest BCUT2D eigenvalue weighted by Gasteiger charge is 2.40. The lowest BCUT2D eigenvalue weighted by Gasteiger charge is -2.33. The first-order chi connectivity index (χ1) is 11.8. The van der Waals surface area contributed by atoms with Crippen molar-refractivity contribution >= 4 is 5.91 Å². The van der Waals surface area contributed by atoms with Gasteiger partial charge in [0.05, 0.1) is 12.3 Å². The largest absolute Gasteiger partial charge is 0.468 e. The SMILES string of the molecule is O=C(CC1CC2CCC1C2)NCC(c1ccco1)N1CCCCC1. The third kappa shape index (κ3) is 3.53. The summed E-state index contributed by atoms with van der Waals surface area (Å²) in [5.41, 5.74) is 0. The quantitative estimate of drug-likeness (QED) is 0.864. The second kappa shape index (κ2) is 7.30. The number of furan rings is 1. The Morgan fingerprint density at radius 1 is 1.25 bits per heavy atom. The number of nitrogens with one attached hydrogen (secondary N) is 1. The summed E-state index contributed by atoms with van der Waals surface area (Å²) in [6.07, 6.45) is 11.7. The normalized spacial score (nSPS) is 31.2. The molecule has 3 fully saturated rings. The van der Waals surface area contributed by atoms with Gasteiger partial charge in [0, 0.05) is 13.0 Å². The van der Waals surface area contributed by atoms with Gasteiger partial charge in [-0.3, -0.25) is 9.69 Å². The average Bonchev–Trinajstić information content (AvgIpc) is 3.34. The van der Waals surface area contributed by atoms with Crippen molar-refractivity contribution in [2.75, 3.05) is 19.6 Å². The fraction of sp³-hybridized carbons (Fsp3) is 0.750. The molecule has 4 unspecified atom stereocenters. The first kappa shape index (κ1) is 16.2. The van der Waals surface area contributed by atoms with Crippen molar-refractivity contribution in [3.8, 4) is 0 Å². The Labute approximate surface area is 145 Å². The molecule has 1 N–H and O–H groups in total. The summed E-state index contributed by atoms with van der Waals surface area (Å²) in [6, 6.07) is 4.18. The monoisotopic (exact) mass is 330 g/mol. The number of piperidine rings is 1. The molecular weight excluding hydrogens is 300 g/mol. The third-order valence-corrected chi connectivity index (χ3v) is 6.53. The number of nitrogens with zero attached hydrogens (tertiary/aromatic N) is 1. The average molecular weight is 330 g/mol. The molecule has 0 spiro atoms. The van der Waals surface area contributed by atoms with E-state index in [2.05, 4.69) is 10.2 Å². The lowest BCUT2D eigenvalue weighted by atomic mass is 9.86. The lowest BCUT2D eigenvalue weighted by Crippen LogP contribution is -2.41. The third-order valence-electron chi connectivity index (χ3n) is 6.53. The molecule has 0 aromatic carbocycles. The molecule has 1 aromatic heterocycles. The van der Waals surface area contributed by atoms with Crippen molar-refractivity contribution in [3.05, 3.63) is 24.2 Å². The zero-order valence-electron chi connectivity index (χ0n) is 14.6. The summed E-state index contributed by atoms with van der Waals surface area (Å²) in [6.45, 7) is 2.88. The van der Waals surface area contributed by atoms with E-state index in [1.54, 1.807) is 6.26 Å². The maximum atomic E-state index is 12.5. The van der Waals surface area contributed by atoms with Crippen LogP contribution < -0.4 is 5.32 Å². The van der Waals surface area contributed by atoms with E-state index in [1.165, 1.54) is 44.9 Å². The van der Waals surface area contributed by atoms with Crippen LogP contribution in [0, 0.1) is 17.8 Å². The highest BCUT2D eigenvalue weighted by Crippen LogP contribution is 2.49. The molecule has 4 nitrogen and oxygen atoms in total. The predicted octanol–water partition coefficient (Wildman–Crippen LogP) is 3.75. The van der Waals surface area contributed by atoms with Crippen LogP contribution in [0.4, 0.5) is 0 Å². The van der Waals surface area contributed by atoms with Crippen molar-refractivity contribution in [3.63, 3.8) is 0 Å². The minimum Gasteiger partial charge on any atom is -0.468 e. The Hall–Kier alpha value is -1.29. The molecular formula is C20H30N2O2. The summed E-state index contributed by atoms with van der Waals surface area (Å²) in [7, 11) is 0. The molecule has 1 aliphatic heterocycles. The molecule has 4 heteroatoms. The molecule has 2 heterocycles. The van der Waals surface area contributed by atoms with E-state index in [0.29, 0.717) is 12.5 Å². The van der Waals surface area contributed by atoms with Gasteiger partial charge in [0.25, 0.3) is 0 Å². The van der Waals surface area contributed by atoms with Crippen LogP contribution >= 0.6 is 0 Å². The van der Waals surface area contributed by atoms with Crippen molar-refractivity contribution in [2.24, 2.45) is 17.8 Å². The van der Waals surface area contributed by atoms with Crippen molar-refractivity contribution in [1.29, 1.82) is 0 Å². The van der Waals surface area contributed by atoms with Crippen molar-refractivity contribution in [1.82, 2.24) is 10.2 Å². The number of hydrogen-bond donors (Lipinski definition) is 1. The van der Waals surface area contributed by atoms with Crippen LogP contribution in [0.2, 0.25) is 0 Å². The summed E-state index contributed by atoms with van der Waals surface area (Å²) in [5.74, 6) is 3.60. The van der Waals surface area contributed by atoms with Crippen LogP contribution in [-0.4, -0.2) is 30.4 Å². The fourth-order valence-corrected chi connectivity index (χ4v) is 5.27. The number of carbonyl (C=O) groups is 1. The Bertz CT molecular complexity index is 536. The number of amides is 1. The molecule has 1 amide bonds. The van der Waals surface area contributed by atoms with E-state index in [-0.39, 0.29) is 11.9 Å². The summed E-state index contributed by atoms with van der Waals surface area (Å²) in [5, 5.41) is 3.21. The Morgan fingerprint density at radius 3 is 2.79 bits per heavy atom. The molecule has 132 valence electrons. The number of fused-ring (bicyclic) bond motifs is 2. The number of rotatable bonds is 6. The van der Waals surface area contributed by atoms with Crippen LogP contribution in [0.15, 0.2) is 22.8 Å². The van der Waals surface area contributed by atoms with Gasteiger partial charge in [-0.2, -0.15) is 0 Å². The molecule has 4 rings (SSSR count). The summed E-state index contributed by atoms with van der Waals surface area (Å²) in [4.78, 5) is 14.9. The van der Waals surface area contributed by atoms with E-state index in [9.17, 15) is 4.79 Å². The molecule has 0 radical (unpaired) electrons. The smallest absolute Gasteiger partial charge is 0.220 e. The lowest BCUT2D eigenvalue weighted by molar-refractivity contribution is -0.122. The predicted molar refractivity (Wildman–Crippen MR) is 93.4 cm³/mol. The van der Waals surface area contributed by atoms with E-state index in [1.807, 2.05) is 12.1 Å². The molecule has 1 saturated heterocycles. The summed E-state index contributed by atoms with van der Waals surface area (Å²) >= 11 is 0. The van der Waals surface area contributed by atoms with E-state index >= 15 is 0 Å². The van der Waals surface area contributed by atoms with Crippen LogP contribution in [-0.2, 0) is 4.79 Å². The van der Waals surface area contributed by atoms with E-state index in [4.69, 9.17) is 4.42 Å². The zero-order valence-corrected chi connectivity index (χ0v) is 14.6. The number of hydrogen-bond acceptors (Lipinski definition) is 3. The molecule has 24 heavy (non-hydrogen) atoms. The molecule has 4 atom stereocenters. The van der Waals surface area contributed by atoms with Crippen molar-refractivity contribution in [2.45, 2.75) is 57.4 Å². The number of carbonyl (C=O) groups excluding carboxylic acids is 1. The second-order valence-electron chi connectivity index (χ2n) is 8.07. The van der Waals surface area contributed by atoms with Crippen molar-refractivity contribution < 1.29 is 9.21 Å². The number of likely N-dealkylation sites (tertiary alicyclic amines) is 1. The zero-order chi connectivity index (χ0) is 16.4. The molecule has 1 aromatic rings. The minimum absolute atomic E-state index is 0.185. The van der Waals surface area contributed by atoms with E-state index < -0.39 is 0 Å². The van der Waals surface area contributed by atoms with Crippen LogP contribution in [0.1, 0.15) is 63.2 Å². The molecule has 3 aliphatic rings. The van der Waals surface area contributed by atoms with E-state index in [0.717, 1.165) is 37.1 Å². The van der Waals surface area contributed by atoms with Gasteiger partial charge in [-0.15, -0.1) is 0 Å². The van der Waals surface area contributed by atoms with Crippen LogP contribution in [0.3, 0.4) is 0 Å². The van der Waals surface area contributed by atoms with Gasteiger partial charge in [0.15, 0.2) is 0 Å². The fourth-order valence-electron chi connectivity index (χ4n) is 5.27. The highest BCUT2D eigenvalue weighted by molar-refractivity contribution is 5.76. The molecule has 2 aliphatic carbocycles. The Kier molecular flexibility index (Phi) is 4.93. The topological polar surface area (TPSA) is 45.5 Å². The highest BCUT2D eigenvalue weighted by atomic mass is 16.3. The summed E-state index contributed by atoms with van der Waals surface area (Å²) < 4.78 is 5.66. The Morgan fingerprint density at radius 2 is 2.12 bits per heavy atom. The minimum atomic E-state index is 0.185. The van der Waals surface area contributed by atoms with Gasteiger partial charge >= 0.3 is 0 Å². The maximum absolute atomic E-state index is 12.5. The Balaban J connectivity index is 1.32. The first-order valence-corrected chi connectivity index (χ1v) is 9.84. The van der Waals surface area contributed by atoms with Crippen LogP contribution in [0.5, 0.6) is 0 Å². The van der Waals surface area contributed by atoms with Gasteiger partial charge in [-0.05, 0) is 75.1 Å². The standard InChI is InChI=1S/C20H30N2O2/c23-20(13-17-12-15-6-7-16(17)11-15)21-14-18(19-5-4-10-24-19)22-8-2-1-3-9-22/h4-5,10,15-18H,1-3,6-9,11-14H2,(H,21,23). The van der Waals surface area contributed by atoms with Gasteiger partial charge < -0.3 is 9.73 Å². The van der Waals surface area contributed by atoms with Crippen LogP contribution in [0.25, 0.3) is 0 Å². The second-order valence-corrected chi connectivity index (χ2v) is 8.07. The van der Waals surface area contributed by atoms with Gasteiger partial charge in [-0.25, -0.2) is 0 Å².